The smallest absolute Gasteiger partial charge is 0.0417 e. The molecule has 0 amide bonds. The molecule has 0 fully saturated rings. The van der Waals surface area contributed by atoms with Crippen LogP contribution in [0.5, 0.6) is 0 Å². The predicted octanol–water partition coefficient (Wildman–Crippen LogP) is 5.18. The van der Waals surface area contributed by atoms with E-state index in [-0.39, 0.29) is 0 Å². The topological polar surface area (TPSA) is 12.0 Å². The molecule has 0 aliphatic heterocycles. The first-order chi connectivity index (χ1) is 8.76. The molecule has 2 unspecified atom stereocenters. The third-order valence-electron chi connectivity index (χ3n) is 3.94. The number of nitrogens with one attached hydrogen (secondary N) is 1. The Kier molecular flexibility index (Phi) is 7.60. The Morgan fingerprint density at radius 2 is 2.06 bits per heavy atom. The van der Waals surface area contributed by atoms with Gasteiger partial charge in [0.05, 0.1) is 0 Å². The zero-order chi connectivity index (χ0) is 13.4. The van der Waals surface area contributed by atoms with E-state index in [9.17, 15) is 0 Å². The SMILES string of the molecule is CCCCC(CC)CC(NC)c1sccc1CC. The standard InChI is InChI=1S/C16H29NS/c1-5-8-9-13(6-2)12-15(17-4)16-14(7-3)10-11-18-16/h10-11,13,15,17H,5-9,12H2,1-4H3. The normalized spacial score (nSPS) is 14.7. The van der Waals surface area contributed by atoms with E-state index in [4.69, 9.17) is 0 Å². The Morgan fingerprint density at radius 3 is 2.61 bits per heavy atom. The Morgan fingerprint density at radius 1 is 1.28 bits per heavy atom. The summed E-state index contributed by atoms with van der Waals surface area (Å²) in [5.74, 6) is 0.870. The van der Waals surface area contributed by atoms with Crippen LogP contribution in [-0.4, -0.2) is 7.05 Å². The summed E-state index contributed by atoms with van der Waals surface area (Å²) in [6, 6.07) is 2.85. The van der Waals surface area contributed by atoms with Gasteiger partial charge in [-0.15, -0.1) is 11.3 Å². The highest BCUT2D eigenvalue weighted by Gasteiger charge is 2.18. The summed E-state index contributed by atoms with van der Waals surface area (Å²) in [5.41, 5.74) is 1.53. The maximum atomic E-state index is 3.53. The van der Waals surface area contributed by atoms with Crippen LogP contribution in [0.15, 0.2) is 11.4 Å². The average molecular weight is 267 g/mol. The van der Waals surface area contributed by atoms with Gasteiger partial charge in [-0.3, -0.25) is 0 Å². The maximum Gasteiger partial charge on any atom is 0.0417 e. The molecule has 104 valence electrons. The van der Waals surface area contributed by atoms with E-state index in [0.29, 0.717) is 6.04 Å². The molecule has 1 aromatic heterocycles. The van der Waals surface area contributed by atoms with E-state index in [1.807, 2.05) is 11.3 Å². The number of aryl methyl sites for hydroxylation is 1. The minimum Gasteiger partial charge on any atom is -0.312 e. The third-order valence-corrected chi connectivity index (χ3v) is 5.01. The van der Waals surface area contributed by atoms with Gasteiger partial charge in [-0.05, 0) is 42.8 Å². The van der Waals surface area contributed by atoms with Crippen LogP contribution in [0.2, 0.25) is 0 Å². The zero-order valence-electron chi connectivity index (χ0n) is 12.5. The van der Waals surface area contributed by atoms with Crippen molar-refractivity contribution in [2.24, 2.45) is 5.92 Å². The number of unbranched alkanes of at least 4 members (excludes halogenated alkanes) is 1. The number of hydrogen-bond donors (Lipinski definition) is 1. The van der Waals surface area contributed by atoms with Crippen LogP contribution in [0.25, 0.3) is 0 Å². The lowest BCUT2D eigenvalue weighted by Gasteiger charge is -2.22. The van der Waals surface area contributed by atoms with Gasteiger partial charge in [-0.2, -0.15) is 0 Å². The lowest BCUT2D eigenvalue weighted by atomic mass is 9.90. The first kappa shape index (κ1) is 15.7. The van der Waals surface area contributed by atoms with Gasteiger partial charge in [-0.25, -0.2) is 0 Å². The maximum absolute atomic E-state index is 3.53. The summed E-state index contributed by atoms with van der Waals surface area (Å²) in [6.45, 7) is 6.88. The Bertz CT molecular complexity index is 319. The summed E-state index contributed by atoms with van der Waals surface area (Å²) in [4.78, 5) is 1.56. The van der Waals surface area contributed by atoms with Crippen LogP contribution >= 0.6 is 11.3 Å². The van der Waals surface area contributed by atoms with Gasteiger partial charge in [0, 0.05) is 10.9 Å². The Hall–Kier alpha value is -0.340. The first-order valence-corrected chi connectivity index (χ1v) is 8.38. The second-order valence-electron chi connectivity index (χ2n) is 5.16. The third kappa shape index (κ3) is 4.40. The summed E-state index contributed by atoms with van der Waals surface area (Å²) in [6.07, 6.45) is 7.84. The van der Waals surface area contributed by atoms with Crippen LogP contribution in [0, 0.1) is 5.92 Å². The number of hydrogen-bond acceptors (Lipinski definition) is 2. The largest absolute Gasteiger partial charge is 0.312 e. The highest BCUT2D eigenvalue weighted by Crippen LogP contribution is 2.32. The lowest BCUT2D eigenvalue weighted by Crippen LogP contribution is -2.20. The van der Waals surface area contributed by atoms with Gasteiger partial charge < -0.3 is 5.32 Å². The molecule has 0 bridgehead atoms. The van der Waals surface area contributed by atoms with Gasteiger partial charge in [-0.1, -0.05) is 46.5 Å². The molecular weight excluding hydrogens is 238 g/mol. The summed E-state index contributed by atoms with van der Waals surface area (Å²) in [5, 5.41) is 5.77. The molecule has 0 spiro atoms. The van der Waals surface area contributed by atoms with Crippen LogP contribution in [0.3, 0.4) is 0 Å². The van der Waals surface area contributed by atoms with Crippen molar-refractivity contribution in [3.05, 3.63) is 21.9 Å². The van der Waals surface area contributed by atoms with Crippen molar-refractivity contribution >= 4 is 11.3 Å². The fraction of sp³-hybridized carbons (Fsp3) is 0.750. The molecule has 0 radical (unpaired) electrons. The molecule has 0 aliphatic rings. The van der Waals surface area contributed by atoms with E-state index in [2.05, 4.69) is 44.6 Å². The van der Waals surface area contributed by atoms with E-state index in [0.717, 1.165) is 12.3 Å². The van der Waals surface area contributed by atoms with Gasteiger partial charge in [0.25, 0.3) is 0 Å². The highest BCUT2D eigenvalue weighted by atomic mass is 32.1. The molecule has 2 heteroatoms. The van der Waals surface area contributed by atoms with Crippen molar-refractivity contribution in [1.29, 1.82) is 0 Å². The van der Waals surface area contributed by atoms with Crippen LogP contribution in [0.4, 0.5) is 0 Å². The van der Waals surface area contributed by atoms with Gasteiger partial charge in [0.2, 0.25) is 0 Å². The molecule has 1 nitrogen and oxygen atoms in total. The van der Waals surface area contributed by atoms with Crippen molar-refractivity contribution in [3.63, 3.8) is 0 Å². The fourth-order valence-electron chi connectivity index (χ4n) is 2.62. The summed E-state index contributed by atoms with van der Waals surface area (Å²) < 4.78 is 0. The summed E-state index contributed by atoms with van der Waals surface area (Å²) >= 11 is 1.92. The van der Waals surface area contributed by atoms with Crippen molar-refractivity contribution < 1.29 is 0 Å². The van der Waals surface area contributed by atoms with Crippen LogP contribution in [-0.2, 0) is 6.42 Å². The Balaban J connectivity index is 2.65. The van der Waals surface area contributed by atoms with Gasteiger partial charge >= 0.3 is 0 Å². The molecule has 18 heavy (non-hydrogen) atoms. The molecule has 0 aliphatic carbocycles. The van der Waals surface area contributed by atoms with Crippen molar-refractivity contribution in [2.45, 2.75) is 65.3 Å². The van der Waals surface area contributed by atoms with Gasteiger partial charge in [0.1, 0.15) is 0 Å². The predicted molar refractivity (Wildman–Crippen MR) is 83.4 cm³/mol. The molecular formula is C16H29NS. The van der Waals surface area contributed by atoms with E-state index in [1.54, 1.807) is 4.88 Å². The van der Waals surface area contributed by atoms with Gasteiger partial charge in [0.15, 0.2) is 0 Å². The quantitative estimate of drug-likeness (QED) is 0.650. The van der Waals surface area contributed by atoms with Crippen molar-refractivity contribution in [2.75, 3.05) is 7.05 Å². The molecule has 1 heterocycles. The van der Waals surface area contributed by atoms with Crippen molar-refractivity contribution in [1.82, 2.24) is 5.32 Å². The molecule has 2 atom stereocenters. The second kappa shape index (κ2) is 8.71. The molecule has 1 aromatic rings. The zero-order valence-corrected chi connectivity index (χ0v) is 13.3. The molecule has 0 saturated carbocycles. The van der Waals surface area contributed by atoms with E-state index < -0.39 is 0 Å². The van der Waals surface area contributed by atoms with E-state index >= 15 is 0 Å². The molecule has 0 saturated heterocycles. The van der Waals surface area contributed by atoms with E-state index in [1.165, 1.54) is 37.7 Å². The molecule has 1 rings (SSSR count). The van der Waals surface area contributed by atoms with Crippen LogP contribution in [0.1, 0.15) is 69.4 Å². The summed E-state index contributed by atoms with van der Waals surface area (Å²) in [7, 11) is 2.11. The minimum absolute atomic E-state index is 0.557. The van der Waals surface area contributed by atoms with Crippen LogP contribution < -0.4 is 5.32 Å². The fourth-order valence-corrected chi connectivity index (χ4v) is 3.74. The minimum atomic E-state index is 0.557. The monoisotopic (exact) mass is 267 g/mol. The average Bonchev–Trinajstić information content (AvgIpc) is 2.87. The highest BCUT2D eigenvalue weighted by molar-refractivity contribution is 7.10. The number of rotatable bonds is 9. The number of thiophene rings is 1. The Labute approximate surface area is 117 Å². The lowest BCUT2D eigenvalue weighted by molar-refractivity contribution is 0.366. The van der Waals surface area contributed by atoms with Crippen molar-refractivity contribution in [3.8, 4) is 0 Å². The first-order valence-electron chi connectivity index (χ1n) is 7.50. The molecule has 1 N–H and O–H groups in total. The molecule has 0 aromatic carbocycles. The second-order valence-corrected chi connectivity index (χ2v) is 6.10.